The second-order valence-electron chi connectivity index (χ2n) is 8.70. The standard InChI is InChI=1S/C23H27ClFN3O4/c1-15-5-4-6-16(26-15)10-31-11-20(29)27-22(2)13-23(3,14-22)28-21(30)12-32-17-7-8-18(24)19(25)9-17/h4-9H,10-14H2,1-3H3,(H,27,29)(H,28,30). The summed E-state index contributed by atoms with van der Waals surface area (Å²) < 4.78 is 24.2. The molecule has 0 spiro atoms. The number of rotatable bonds is 9. The maximum absolute atomic E-state index is 13.4. The minimum atomic E-state index is -0.610. The Bertz CT molecular complexity index is 995. The van der Waals surface area contributed by atoms with Crippen molar-refractivity contribution in [3.63, 3.8) is 0 Å². The molecule has 2 amide bonds. The summed E-state index contributed by atoms with van der Waals surface area (Å²) in [4.78, 5) is 28.8. The first-order valence-electron chi connectivity index (χ1n) is 10.3. The highest BCUT2D eigenvalue weighted by Gasteiger charge is 2.50. The van der Waals surface area contributed by atoms with Crippen LogP contribution in [-0.2, 0) is 20.9 Å². The fraction of sp³-hybridized carbons (Fsp3) is 0.435. The lowest BCUT2D eigenvalue weighted by molar-refractivity contribution is -0.131. The topological polar surface area (TPSA) is 89.6 Å². The van der Waals surface area contributed by atoms with E-state index in [0.29, 0.717) is 12.8 Å². The molecule has 0 saturated heterocycles. The number of aryl methyl sites for hydroxylation is 1. The smallest absolute Gasteiger partial charge is 0.258 e. The van der Waals surface area contributed by atoms with Gasteiger partial charge in [-0.15, -0.1) is 0 Å². The zero-order chi connectivity index (χ0) is 23.4. The van der Waals surface area contributed by atoms with Gasteiger partial charge >= 0.3 is 0 Å². The fourth-order valence-corrected chi connectivity index (χ4v) is 4.35. The molecule has 1 aromatic carbocycles. The van der Waals surface area contributed by atoms with E-state index in [9.17, 15) is 14.0 Å². The molecule has 0 atom stereocenters. The van der Waals surface area contributed by atoms with Crippen LogP contribution in [-0.4, -0.2) is 41.1 Å². The van der Waals surface area contributed by atoms with Gasteiger partial charge in [-0.2, -0.15) is 0 Å². The van der Waals surface area contributed by atoms with Crippen molar-refractivity contribution in [1.82, 2.24) is 15.6 Å². The molecule has 0 bridgehead atoms. The third-order valence-electron chi connectivity index (χ3n) is 5.13. The monoisotopic (exact) mass is 463 g/mol. The average Bonchev–Trinajstić information content (AvgIpc) is 2.67. The zero-order valence-electron chi connectivity index (χ0n) is 18.3. The lowest BCUT2D eigenvalue weighted by Crippen LogP contribution is -2.69. The van der Waals surface area contributed by atoms with Crippen molar-refractivity contribution in [3.8, 4) is 5.75 Å². The first-order valence-corrected chi connectivity index (χ1v) is 10.6. The lowest BCUT2D eigenvalue weighted by Gasteiger charge is -2.53. The summed E-state index contributed by atoms with van der Waals surface area (Å²) >= 11 is 5.63. The molecule has 1 aliphatic carbocycles. The lowest BCUT2D eigenvalue weighted by atomic mass is 9.64. The van der Waals surface area contributed by atoms with E-state index < -0.39 is 16.9 Å². The molecule has 2 aromatic rings. The summed E-state index contributed by atoms with van der Waals surface area (Å²) in [5, 5.41) is 5.87. The van der Waals surface area contributed by atoms with Crippen LogP contribution in [0.5, 0.6) is 5.75 Å². The second kappa shape index (κ2) is 9.83. The molecule has 1 fully saturated rings. The fourth-order valence-electron chi connectivity index (χ4n) is 4.24. The van der Waals surface area contributed by atoms with E-state index in [1.54, 1.807) is 0 Å². The van der Waals surface area contributed by atoms with Gasteiger partial charge in [0.1, 0.15) is 18.2 Å². The van der Waals surface area contributed by atoms with Crippen LogP contribution in [0.1, 0.15) is 38.1 Å². The van der Waals surface area contributed by atoms with E-state index in [-0.39, 0.29) is 42.4 Å². The highest BCUT2D eigenvalue weighted by Crippen LogP contribution is 2.40. The largest absolute Gasteiger partial charge is 0.484 e. The van der Waals surface area contributed by atoms with Crippen molar-refractivity contribution in [1.29, 1.82) is 0 Å². The summed E-state index contributed by atoms with van der Waals surface area (Å²) in [6.45, 7) is 5.67. The summed E-state index contributed by atoms with van der Waals surface area (Å²) in [6.07, 6.45) is 1.12. The first kappa shape index (κ1) is 23.9. The van der Waals surface area contributed by atoms with Crippen LogP contribution >= 0.6 is 11.6 Å². The molecule has 2 N–H and O–H groups in total. The van der Waals surface area contributed by atoms with Crippen molar-refractivity contribution >= 4 is 23.4 Å². The number of hydrogen-bond donors (Lipinski definition) is 2. The predicted molar refractivity (Wildman–Crippen MR) is 118 cm³/mol. The van der Waals surface area contributed by atoms with Gasteiger partial charge in [0.05, 0.1) is 17.3 Å². The molecule has 3 rings (SSSR count). The Morgan fingerprint density at radius 2 is 1.75 bits per heavy atom. The van der Waals surface area contributed by atoms with Gasteiger partial charge in [-0.05, 0) is 57.9 Å². The number of aromatic nitrogens is 1. The molecule has 0 radical (unpaired) electrons. The zero-order valence-corrected chi connectivity index (χ0v) is 19.1. The van der Waals surface area contributed by atoms with E-state index >= 15 is 0 Å². The molecule has 0 unspecified atom stereocenters. The molecule has 1 aliphatic rings. The van der Waals surface area contributed by atoms with Gasteiger partial charge in [-0.1, -0.05) is 17.7 Å². The van der Waals surface area contributed by atoms with Gasteiger partial charge in [-0.3, -0.25) is 14.6 Å². The molecule has 32 heavy (non-hydrogen) atoms. The Balaban J connectivity index is 1.38. The molecule has 1 aromatic heterocycles. The number of ether oxygens (including phenoxy) is 2. The molecule has 1 heterocycles. The molecule has 172 valence electrons. The molecular formula is C23H27ClFN3O4. The van der Waals surface area contributed by atoms with Crippen LogP contribution in [0, 0.1) is 12.7 Å². The maximum Gasteiger partial charge on any atom is 0.258 e. The SMILES string of the molecule is Cc1cccc(COCC(=O)NC2(C)CC(C)(NC(=O)COc3ccc(Cl)c(F)c3)C2)n1. The van der Waals surface area contributed by atoms with E-state index in [0.717, 1.165) is 17.5 Å². The normalized spacial score (nSPS) is 22.0. The van der Waals surface area contributed by atoms with Crippen molar-refractivity contribution < 1.29 is 23.5 Å². The predicted octanol–water partition coefficient (Wildman–Crippen LogP) is 3.32. The van der Waals surface area contributed by atoms with E-state index in [1.807, 2.05) is 39.0 Å². The van der Waals surface area contributed by atoms with Crippen molar-refractivity contribution in [2.24, 2.45) is 0 Å². The third kappa shape index (κ3) is 6.64. The first-order chi connectivity index (χ1) is 15.1. The highest BCUT2D eigenvalue weighted by atomic mass is 35.5. The second-order valence-corrected chi connectivity index (χ2v) is 9.11. The van der Waals surface area contributed by atoms with Gasteiger partial charge in [0.25, 0.3) is 5.91 Å². The van der Waals surface area contributed by atoms with E-state index in [1.165, 1.54) is 12.1 Å². The number of nitrogens with zero attached hydrogens (tertiary/aromatic N) is 1. The minimum absolute atomic E-state index is 0.0117. The Morgan fingerprint density at radius 3 is 2.38 bits per heavy atom. The van der Waals surface area contributed by atoms with Gasteiger partial charge in [-0.25, -0.2) is 4.39 Å². The number of carbonyl (C=O) groups is 2. The Kier molecular flexibility index (Phi) is 7.36. The van der Waals surface area contributed by atoms with Crippen molar-refractivity contribution in [2.75, 3.05) is 13.2 Å². The van der Waals surface area contributed by atoms with Gasteiger partial charge in [0.2, 0.25) is 5.91 Å². The molecule has 0 aliphatic heterocycles. The number of halogens is 2. The number of nitrogens with one attached hydrogen (secondary N) is 2. The Labute approximate surface area is 191 Å². The van der Waals surface area contributed by atoms with E-state index in [2.05, 4.69) is 15.6 Å². The van der Waals surface area contributed by atoms with E-state index in [4.69, 9.17) is 21.1 Å². The quantitative estimate of drug-likeness (QED) is 0.595. The van der Waals surface area contributed by atoms with Crippen LogP contribution in [0.4, 0.5) is 4.39 Å². The summed E-state index contributed by atoms with van der Waals surface area (Å²) in [5.74, 6) is -0.938. The number of amides is 2. The molecule has 1 saturated carbocycles. The Morgan fingerprint density at radius 1 is 1.09 bits per heavy atom. The average molecular weight is 464 g/mol. The summed E-state index contributed by atoms with van der Waals surface area (Å²) in [5.41, 5.74) is 0.751. The molecule has 7 nitrogen and oxygen atoms in total. The van der Waals surface area contributed by atoms with Crippen LogP contribution in [0.3, 0.4) is 0 Å². The summed E-state index contributed by atoms with van der Waals surface area (Å²) in [7, 11) is 0. The minimum Gasteiger partial charge on any atom is -0.484 e. The number of pyridine rings is 1. The van der Waals surface area contributed by atoms with Crippen molar-refractivity contribution in [3.05, 3.63) is 58.6 Å². The highest BCUT2D eigenvalue weighted by molar-refractivity contribution is 6.30. The third-order valence-corrected chi connectivity index (χ3v) is 5.44. The number of hydrogen-bond acceptors (Lipinski definition) is 5. The van der Waals surface area contributed by atoms with Crippen LogP contribution < -0.4 is 15.4 Å². The Hall–Kier alpha value is -2.71. The maximum atomic E-state index is 13.4. The van der Waals surface area contributed by atoms with Crippen molar-refractivity contribution in [2.45, 2.75) is 51.3 Å². The van der Waals surface area contributed by atoms with Crippen LogP contribution in [0.25, 0.3) is 0 Å². The summed E-state index contributed by atoms with van der Waals surface area (Å²) in [6, 6.07) is 9.63. The van der Waals surface area contributed by atoms with Gasteiger partial charge in [0, 0.05) is 22.8 Å². The van der Waals surface area contributed by atoms with Gasteiger partial charge in [0.15, 0.2) is 6.61 Å². The number of carbonyl (C=O) groups excluding carboxylic acids is 2. The van der Waals surface area contributed by atoms with Crippen LogP contribution in [0.15, 0.2) is 36.4 Å². The van der Waals surface area contributed by atoms with Gasteiger partial charge < -0.3 is 20.1 Å². The molecular weight excluding hydrogens is 437 g/mol. The van der Waals surface area contributed by atoms with Crippen LogP contribution in [0.2, 0.25) is 5.02 Å². The molecule has 9 heteroatoms. The number of benzene rings is 1.